The molecule has 0 aliphatic carbocycles. The molecule has 0 aromatic heterocycles. The molecule has 2 rings (SSSR count). The molecule has 0 amide bonds. The van der Waals surface area contributed by atoms with Gasteiger partial charge in [0.15, 0.2) is 0 Å². The summed E-state index contributed by atoms with van der Waals surface area (Å²) < 4.78 is 0. The van der Waals surface area contributed by atoms with Crippen LogP contribution in [0.2, 0.25) is 0 Å². The van der Waals surface area contributed by atoms with Crippen molar-refractivity contribution in [1.29, 1.82) is 0 Å². The van der Waals surface area contributed by atoms with Crippen LogP contribution in [0.15, 0.2) is 24.3 Å². The normalized spacial score (nSPS) is 25.6. The van der Waals surface area contributed by atoms with Crippen LogP contribution in [0, 0.1) is 12.8 Å². The minimum atomic E-state index is 0.748. The maximum Gasteiger partial charge on any atom is 0.00704 e. The Hall–Kier alpha value is -0.820. The van der Waals surface area contributed by atoms with Gasteiger partial charge in [-0.3, -0.25) is 0 Å². The summed E-state index contributed by atoms with van der Waals surface area (Å²) in [4.78, 5) is 0. The summed E-state index contributed by atoms with van der Waals surface area (Å²) in [6, 6.07) is 9.71. The van der Waals surface area contributed by atoms with Crippen molar-refractivity contribution >= 4 is 0 Å². The molecule has 1 aliphatic rings. The van der Waals surface area contributed by atoms with E-state index in [0.717, 1.165) is 12.0 Å². The van der Waals surface area contributed by atoms with Crippen LogP contribution >= 0.6 is 0 Å². The molecule has 1 heteroatoms. The molecule has 88 valence electrons. The Labute approximate surface area is 99.3 Å². The van der Waals surface area contributed by atoms with Gasteiger partial charge in [-0.15, -0.1) is 0 Å². The molecular weight excluding hydrogens is 194 g/mol. The summed E-state index contributed by atoms with van der Waals surface area (Å²) in [5.41, 5.74) is 2.83. The SMILES string of the molecule is Cc1ccc(CCC2CCC(C)CN2)cc1. The highest BCUT2D eigenvalue weighted by Crippen LogP contribution is 2.17. The van der Waals surface area contributed by atoms with Gasteiger partial charge in [0.25, 0.3) is 0 Å². The van der Waals surface area contributed by atoms with Gasteiger partial charge in [0.1, 0.15) is 0 Å². The van der Waals surface area contributed by atoms with Crippen LogP contribution in [0.5, 0.6) is 0 Å². The Kier molecular flexibility index (Phi) is 4.00. The molecule has 0 bridgehead atoms. The molecule has 2 unspecified atom stereocenters. The van der Waals surface area contributed by atoms with E-state index in [-0.39, 0.29) is 0 Å². The summed E-state index contributed by atoms with van der Waals surface area (Å²) >= 11 is 0. The number of benzene rings is 1. The van der Waals surface area contributed by atoms with Crippen LogP contribution in [0.4, 0.5) is 0 Å². The van der Waals surface area contributed by atoms with Crippen LogP contribution in [0.3, 0.4) is 0 Å². The zero-order chi connectivity index (χ0) is 11.4. The van der Waals surface area contributed by atoms with Crippen molar-refractivity contribution in [3.63, 3.8) is 0 Å². The summed E-state index contributed by atoms with van der Waals surface area (Å²) in [6.07, 6.45) is 5.25. The van der Waals surface area contributed by atoms with Gasteiger partial charge in [0, 0.05) is 6.04 Å². The first-order valence-corrected chi connectivity index (χ1v) is 6.53. The molecule has 1 aromatic carbocycles. The molecule has 0 spiro atoms. The van der Waals surface area contributed by atoms with Crippen LogP contribution in [0.25, 0.3) is 0 Å². The van der Waals surface area contributed by atoms with Gasteiger partial charge in [0.05, 0.1) is 0 Å². The molecule has 1 saturated heterocycles. The largest absolute Gasteiger partial charge is 0.314 e. The van der Waals surface area contributed by atoms with Gasteiger partial charge < -0.3 is 5.32 Å². The maximum atomic E-state index is 3.65. The van der Waals surface area contributed by atoms with Crippen LogP contribution < -0.4 is 5.32 Å². The number of hydrogen-bond donors (Lipinski definition) is 1. The lowest BCUT2D eigenvalue weighted by molar-refractivity contribution is 0.316. The second-order valence-electron chi connectivity index (χ2n) is 5.31. The van der Waals surface area contributed by atoms with Crippen molar-refractivity contribution in [1.82, 2.24) is 5.32 Å². The van der Waals surface area contributed by atoms with Crippen LogP contribution in [-0.4, -0.2) is 12.6 Å². The number of piperidine rings is 1. The van der Waals surface area contributed by atoms with E-state index in [1.165, 1.54) is 43.4 Å². The Balaban J connectivity index is 1.77. The standard InChI is InChI=1S/C15H23N/c1-12-3-6-14(7-4-12)8-10-15-9-5-13(2)11-16-15/h3-4,6-7,13,15-16H,5,8-11H2,1-2H3. The van der Waals surface area contributed by atoms with E-state index in [1.54, 1.807) is 0 Å². The van der Waals surface area contributed by atoms with E-state index >= 15 is 0 Å². The average molecular weight is 217 g/mol. The van der Waals surface area contributed by atoms with E-state index in [4.69, 9.17) is 0 Å². The number of rotatable bonds is 3. The third-order valence-electron chi connectivity index (χ3n) is 3.66. The number of nitrogens with one attached hydrogen (secondary N) is 1. The van der Waals surface area contributed by atoms with E-state index < -0.39 is 0 Å². The van der Waals surface area contributed by atoms with Gasteiger partial charge in [-0.2, -0.15) is 0 Å². The van der Waals surface area contributed by atoms with Crippen molar-refractivity contribution in [2.45, 2.75) is 45.6 Å². The predicted molar refractivity (Wildman–Crippen MR) is 69.7 cm³/mol. The summed E-state index contributed by atoms with van der Waals surface area (Å²) in [5.74, 6) is 0.871. The Morgan fingerprint density at radius 1 is 1.19 bits per heavy atom. The Morgan fingerprint density at radius 2 is 1.94 bits per heavy atom. The summed E-state index contributed by atoms with van der Waals surface area (Å²) in [7, 11) is 0. The lowest BCUT2D eigenvalue weighted by Gasteiger charge is -2.27. The quantitative estimate of drug-likeness (QED) is 0.819. The molecule has 1 N–H and O–H groups in total. The number of aryl methyl sites for hydroxylation is 2. The zero-order valence-electron chi connectivity index (χ0n) is 10.5. The van der Waals surface area contributed by atoms with Gasteiger partial charge in [-0.05, 0) is 50.6 Å². The molecule has 2 atom stereocenters. The maximum absolute atomic E-state index is 3.65. The van der Waals surface area contributed by atoms with Gasteiger partial charge in [0.2, 0.25) is 0 Å². The fourth-order valence-corrected chi connectivity index (χ4v) is 2.40. The Bertz CT molecular complexity index is 307. The Morgan fingerprint density at radius 3 is 2.56 bits per heavy atom. The van der Waals surface area contributed by atoms with Gasteiger partial charge in [-0.1, -0.05) is 36.8 Å². The van der Waals surface area contributed by atoms with E-state index in [9.17, 15) is 0 Å². The smallest absolute Gasteiger partial charge is 0.00704 e. The first kappa shape index (κ1) is 11.7. The van der Waals surface area contributed by atoms with Crippen molar-refractivity contribution in [3.05, 3.63) is 35.4 Å². The topological polar surface area (TPSA) is 12.0 Å². The average Bonchev–Trinajstić information content (AvgIpc) is 2.30. The minimum absolute atomic E-state index is 0.748. The van der Waals surface area contributed by atoms with E-state index in [2.05, 4.69) is 43.4 Å². The summed E-state index contributed by atoms with van der Waals surface area (Å²) in [6.45, 7) is 5.69. The molecule has 1 heterocycles. The van der Waals surface area contributed by atoms with Gasteiger partial charge >= 0.3 is 0 Å². The predicted octanol–water partition coefficient (Wildman–Crippen LogP) is 3.32. The zero-order valence-corrected chi connectivity index (χ0v) is 10.5. The second kappa shape index (κ2) is 5.49. The monoisotopic (exact) mass is 217 g/mol. The van der Waals surface area contributed by atoms with E-state index in [1.807, 2.05) is 0 Å². The molecule has 1 aromatic rings. The fraction of sp³-hybridized carbons (Fsp3) is 0.600. The van der Waals surface area contributed by atoms with Crippen molar-refractivity contribution in [2.24, 2.45) is 5.92 Å². The molecule has 0 saturated carbocycles. The van der Waals surface area contributed by atoms with E-state index in [0.29, 0.717) is 0 Å². The molecule has 1 fully saturated rings. The molecule has 1 nitrogen and oxygen atoms in total. The lowest BCUT2D eigenvalue weighted by atomic mass is 9.93. The highest BCUT2D eigenvalue weighted by molar-refractivity contribution is 5.21. The number of hydrogen-bond acceptors (Lipinski definition) is 1. The fourth-order valence-electron chi connectivity index (χ4n) is 2.40. The highest BCUT2D eigenvalue weighted by atomic mass is 14.9. The van der Waals surface area contributed by atoms with Crippen molar-refractivity contribution < 1.29 is 0 Å². The van der Waals surface area contributed by atoms with Crippen molar-refractivity contribution in [3.8, 4) is 0 Å². The second-order valence-corrected chi connectivity index (χ2v) is 5.31. The van der Waals surface area contributed by atoms with Crippen LogP contribution in [0.1, 0.15) is 37.3 Å². The lowest BCUT2D eigenvalue weighted by Crippen LogP contribution is -2.38. The minimum Gasteiger partial charge on any atom is -0.314 e. The third kappa shape index (κ3) is 3.34. The van der Waals surface area contributed by atoms with Crippen molar-refractivity contribution in [2.75, 3.05) is 6.54 Å². The van der Waals surface area contributed by atoms with Crippen LogP contribution in [-0.2, 0) is 6.42 Å². The summed E-state index contributed by atoms with van der Waals surface area (Å²) in [5, 5.41) is 3.65. The highest BCUT2D eigenvalue weighted by Gasteiger charge is 2.16. The molecule has 16 heavy (non-hydrogen) atoms. The third-order valence-corrected chi connectivity index (χ3v) is 3.66. The molecule has 1 aliphatic heterocycles. The first-order chi connectivity index (χ1) is 7.74. The van der Waals surface area contributed by atoms with Gasteiger partial charge in [-0.25, -0.2) is 0 Å². The molecule has 0 radical (unpaired) electrons. The molecular formula is C15H23N. The first-order valence-electron chi connectivity index (χ1n) is 6.53.